The topological polar surface area (TPSA) is 62.1 Å². The minimum absolute atomic E-state index is 0.569. The molecule has 0 radical (unpaired) electrons. The van der Waals surface area contributed by atoms with Crippen molar-refractivity contribution in [3.05, 3.63) is 52.0 Å². The highest BCUT2D eigenvalue weighted by Gasteiger charge is 2.17. The Morgan fingerprint density at radius 3 is 2.93 bits per heavy atom. The minimum atomic E-state index is 0.569. The highest BCUT2D eigenvalue weighted by Crippen LogP contribution is 2.39. The number of fused-ring (bicyclic) bond motifs is 1. The van der Waals surface area contributed by atoms with Crippen LogP contribution in [-0.4, -0.2) is 33.4 Å². The molecule has 140 valence electrons. The molecule has 4 rings (SSSR count). The molecular weight excluding hydrogens is 384 g/mol. The second kappa shape index (κ2) is 7.78. The number of tetrazole rings is 1. The van der Waals surface area contributed by atoms with Crippen LogP contribution < -0.4 is 9.47 Å². The monoisotopic (exact) mass is 402 g/mol. The van der Waals surface area contributed by atoms with Crippen molar-refractivity contribution in [2.24, 2.45) is 0 Å². The van der Waals surface area contributed by atoms with Crippen LogP contribution in [0.4, 0.5) is 0 Å². The zero-order valence-electron chi connectivity index (χ0n) is 15.1. The number of hydrogen-bond donors (Lipinski definition) is 0. The molecule has 27 heavy (non-hydrogen) atoms. The van der Waals surface area contributed by atoms with Crippen molar-refractivity contribution in [2.75, 3.05) is 13.2 Å². The van der Waals surface area contributed by atoms with Gasteiger partial charge in [0.05, 0.1) is 23.9 Å². The molecule has 1 aliphatic rings. The lowest BCUT2D eigenvalue weighted by molar-refractivity contribution is 0.297. The standard InChI is InChI=1S/C19H19ClN4O2S/c1-12-5-3-6-16(13(12)2)24-19(21-22-23-24)27-11-14-9-15(20)18-17(10-14)25-7-4-8-26-18/h3,5-6,9-10H,4,7-8,11H2,1-2H3. The fraction of sp³-hybridized carbons (Fsp3) is 0.316. The Bertz CT molecular complexity index is 976. The molecule has 1 aliphatic heterocycles. The molecule has 2 aromatic carbocycles. The Kier molecular flexibility index (Phi) is 5.22. The lowest BCUT2D eigenvalue weighted by Crippen LogP contribution is -2.02. The number of rotatable bonds is 4. The maximum Gasteiger partial charge on any atom is 0.214 e. The normalized spacial score (nSPS) is 13.4. The van der Waals surface area contributed by atoms with Crippen molar-refractivity contribution in [3.63, 3.8) is 0 Å². The van der Waals surface area contributed by atoms with Crippen molar-refractivity contribution in [3.8, 4) is 17.2 Å². The van der Waals surface area contributed by atoms with E-state index in [1.165, 1.54) is 5.56 Å². The molecule has 0 spiro atoms. The first kappa shape index (κ1) is 18.1. The number of aryl methyl sites for hydroxylation is 1. The number of nitrogens with zero attached hydrogens (tertiary/aromatic N) is 4. The smallest absolute Gasteiger partial charge is 0.214 e. The fourth-order valence-electron chi connectivity index (χ4n) is 2.90. The van der Waals surface area contributed by atoms with Gasteiger partial charge in [-0.1, -0.05) is 35.5 Å². The summed E-state index contributed by atoms with van der Waals surface area (Å²) in [6, 6.07) is 10.0. The van der Waals surface area contributed by atoms with Crippen LogP contribution >= 0.6 is 23.4 Å². The van der Waals surface area contributed by atoms with Crippen LogP contribution in [0.2, 0.25) is 5.02 Å². The molecule has 6 nitrogen and oxygen atoms in total. The van der Waals surface area contributed by atoms with E-state index >= 15 is 0 Å². The van der Waals surface area contributed by atoms with Crippen LogP contribution in [0, 0.1) is 13.8 Å². The second-order valence-corrected chi connectivity index (χ2v) is 7.69. The lowest BCUT2D eigenvalue weighted by Gasteiger charge is -2.12. The van der Waals surface area contributed by atoms with E-state index in [4.69, 9.17) is 21.1 Å². The highest BCUT2D eigenvalue weighted by atomic mass is 35.5. The highest BCUT2D eigenvalue weighted by molar-refractivity contribution is 7.98. The summed E-state index contributed by atoms with van der Waals surface area (Å²) in [4.78, 5) is 0. The summed E-state index contributed by atoms with van der Waals surface area (Å²) in [6.45, 7) is 5.40. The molecule has 0 saturated heterocycles. The van der Waals surface area contributed by atoms with Gasteiger partial charge in [0.2, 0.25) is 5.16 Å². The molecule has 0 fully saturated rings. The summed E-state index contributed by atoms with van der Waals surface area (Å²) >= 11 is 7.94. The number of ether oxygens (including phenoxy) is 2. The number of benzene rings is 2. The molecule has 2 heterocycles. The predicted molar refractivity (Wildman–Crippen MR) is 105 cm³/mol. The van der Waals surface area contributed by atoms with Crippen LogP contribution in [0.5, 0.6) is 11.5 Å². The van der Waals surface area contributed by atoms with Gasteiger partial charge in [-0.25, -0.2) is 0 Å². The molecule has 0 atom stereocenters. The van der Waals surface area contributed by atoms with Gasteiger partial charge in [0.1, 0.15) is 0 Å². The Hall–Kier alpha value is -2.25. The van der Waals surface area contributed by atoms with Gasteiger partial charge in [-0.05, 0) is 59.2 Å². The van der Waals surface area contributed by atoms with Gasteiger partial charge in [-0.3, -0.25) is 0 Å². The Balaban J connectivity index is 1.57. The van der Waals surface area contributed by atoms with Gasteiger partial charge in [-0.2, -0.15) is 4.68 Å². The van der Waals surface area contributed by atoms with Crippen molar-refractivity contribution in [1.29, 1.82) is 0 Å². The first-order valence-electron chi connectivity index (χ1n) is 8.69. The third kappa shape index (κ3) is 3.75. The minimum Gasteiger partial charge on any atom is -0.489 e. The lowest BCUT2D eigenvalue weighted by atomic mass is 10.1. The Morgan fingerprint density at radius 1 is 1.19 bits per heavy atom. The number of aromatic nitrogens is 4. The van der Waals surface area contributed by atoms with E-state index in [1.807, 2.05) is 24.3 Å². The molecule has 0 aliphatic carbocycles. The maximum absolute atomic E-state index is 6.39. The summed E-state index contributed by atoms with van der Waals surface area (Å²) in [6.07, 6.45) is 0.847. The molecular formula is C19H19ClN4O2S. The SMILES string of the molecule is Cc1cccc(-n2nnnc2SCc2cc(Cl)c3c(c2)OCCCO3)c1C. The zero-order chi connectivity index (χ0) is 18.8. The summed E-state index contributed by atoms with van der Waals surface area (Å²) in [5.41, 5.74) is 4.38. The first-order chi connectivity index (χ1) is 13.1. The molecule has 0 saturated carbocycles. The average molecular weight is 403 g/mol. The molecule has 0 N–H and O–H groups in total. The third-order valence-electron chi connectivity index (χ3n) is 4.48. The van der Waals surface area contributed by atoms with Gasteiger partial charge < -0.3 is 9.47 Å². The molecule has 8 heteroatoms. The van der Waals surface area contributed by atoms with E-state index in [0.717, 1.165) is 28.4 Å². The summed E-state index contributed by atoms with van der Waals surface area (Å²) in [7, 11) is 0. The molecule has 0 bridgehead atoms. The van der Waals surface area contributed by atoms with Crippen LogP contribution in [-0.2, 0) is 5.75 Å². The fourth-order valence-corrected chi connectivity index (χ4v) is 4.00. The van der Waals surface area contributed by atoms with Crippen molar-refractivity contribution in [2.45, 2.75) is 31.2 Å². The van der Waals surface area contributed by atoms with Crippen LogP contribution in [0.3, 0.4) is 0 Å². The average Bonchev–Trinajstić information content (AvgIpc) is 2.98. The second-order valence-electron chi connectivity index (χ2n) is 6.34. The van der Waals surface area contributed by atoms with Crippen LogP contribution in [0.15, 0.2) is 35.5 Å². The van der Waals surface area contributed by atoms with Gasteiger partial charge in [0.15, 0.2) is 11.5 Å². The van der Waals surface area contributed by atoms with E-state index in [9.17, 15) is 0 Å². The zero-order valence-corrected chi connectivity index (χ0v) is 16.7. The van der Waals surface area contributed by atoms with Crippen molar-refractivity contribution >= 4 is 23.4 Å². The van der Waals surface area contributed by atoms with Gasteiger partial charge in [-0.15, -0.1) is 5.10 Å². The number of thioether (sulfide) groups is 1. The maximum atomic E-state index is 6.39. The molecule has 0 unspecified atom stereocenters. The van der Waals surface area contributed by atoms with Crippen LogP contribution in [0.25, 0.3) is 5.69 Å². The Labute approximate surface area is 166 Å². The first-order valence-corrected chi connectivity index (χ1v) is 10.1. The van der Waals surface area contributed by atoms with E-state index in [0.29, 0.717) is 35.5 Å². The summed E-state index contributed by atoms with van der Waals surface area (Å²) < 4.78 is 13.2. The summed E-state index contributed by atoms with van der Waals surface area (Å²) in [5.74, 6) is 1.99. The van der Waals surface area contributed by atoms with Gasteiger partial charge in [0, 0.05) is 12.2 Å². The molecule has 0 amide bonds. The van der Waals surface area contributed by atoms with E-state index < -0.39 is 0 Å². The summed E-state index contributed by atoms with van der Waals surface area (Å²) in [5, 5.41) is 13.5. The molecule has 1 aromatic heterocycles. The van der Waals surface area contributed by atoms with Gasteiger partial charge >= 0.3 is 0 Å². The predicted octanol–water partition coefficient (Wildman–Crippen LogP) is 4.39. The molecule has 3 aromatic rings. The Morgan fingerprint density at radius 2 is 2.04 bits per heavy atom. The van der Waals surface area contributed by atoms with Crippen molar-refractivity contribution in [1.82, 2.24) is 20.2 Å². The van der Waals surface area contributed by atoms with Crippen LogP contribution in [0.1, 0.15) is 23.1 Å². The van der Waals surface area contributed by atoms with E-state index in [2.05, 4.69) is 35.4 Å². The van der Waals surface area contributed by atoms with Crippen molar-refractivity contribution < 1.29 is 9.47 Å². The number of halogens is 1. The van der Waals surface area contributed by atoms with Gasteiger partial charge in [0.25, 0.3) is 0 Å². The van der Waals surface area contributed by atoms with E-state index in [1.54, 1.807) is 16.4 Å². The third-order valence-corrected chi connectivity index (χ3v) is 5.75. The van der Waals surface area contributed by atoms with E-state index in [-0.39, 0.29) is 0 Å². The quantitative estimate of drug-likeness (QED) is 0.603. The number of hydrogen-bond acceptors (Lipinski definition) is 6. The largest absolute Gasteiger partial charge is 0.489 e.